The normalized spacial score (nSPS) is 10.1. The van der Waals surface area contributed by atoms with Crippen LogP contribution in [0, 0.1) is 6.92 Å². The number of ketones is 1. The summed E-state index contributed by atoms with van der Waals surface area (Å²) < 4.78 is 0. The predicted octanol–water partition coefficient (Wildman–Crippen LogP) is 1.64. The summed E-state index contributed by atoms with van der Waals surface area (Å²) in [4.78, 5) is 18.0. The summed E-state index contributed by atoms with van der Waals surface area (Å²) in [5.74, 6) is 0.0130. The molecule has 0 fully saturated rings. The van der Waals surface area contributed by atoms with E-state index in [0.717, 1.165) is 10.9 Å². The number of nitrogens with one attached hydrogen (secondary N) is 1. The van der Waals surface area contributed by atoms with E-state index in [4.69, 9.17) is 0 Å². The highest BCUT2D eigenvalue weighted by atomic mass is 32.2. The van der Waals surface area contributed by atoms with E-state index in [1.165, 1.54) is 18.7 Å². The molecule has 0 saturated heterocycles. The molecular weight excluding hydrogens is 160 g/mol. The molecule has 0 aliphatic heterocycles. The number of nitrogens with zero attached hydrogens (tertiary/aromatic N) is 1. The summed E-state index contributed by atoms with van der Waals surface area (Å²) in [5, 5.41) is 0.799. The molecule has 60 valence electrons. The van der Waals surface area contributed by atoms with Gasteiger partial charge >= 0.3 is 0 Å². The molecule has 0 bridgehead atoms. The fourth-order valence-corrected chi connectivity index (χ4v) is 1.31. The van der Waals surface area contributed by atoms with Gasteiger partial charge in [0.2, 0.25) is 0 Å². The van der Waals surface area contributed by atoms with E-state index in [1.807, 2.05) is 13.2 Å². The number of aromatic amines is 1. The number of Topliss-reactive ketones (excluding diaryl/α,β-unsaturated/α-hetero) is 1. The molecule has 0 aliphatic carbocycles. The molecule has 0 spiro atoms. The number of carbonyl (C=O) groups excluding carboxylic acids is 1. The highest BCUT2D eigenvalue weighted by molar-refractivity contribution is 7.98. The van der Waals surface area contributed by atoms with Gasteiger partial charge in [-0.15, -0.1) is 0 Å². The monoisotopic (exact) mass is 170 g/mol. The highest BCUT2D eigenvalue weighted by Gasteiger charge is 2.08. The molecule has 0 unspecified atom stereocenters. The zero-order valence-electron chi connectivity index (χ0n) is 6.76. The maximum absolute atomic E-state index is 10.9. The van der Waals surface area contributed by atoms with Crippen LogP contribution in [0.5, 0.6) is 0 Å². The Bertz CT molecular complexity index is 280. The van der Waals surface area contributed by atoms with Gasteiger partial charge in [-0.3, -0.25) is 4.79 Å². The summed E-state index contributed by atoms with van der Waals surface area (Å²) in [7, 11) is 0. The molecule has 0 amide bonds. The van der Waals surface area contributed by atoms with Crippen molar-refractivity contribution in [1.82, 2.24) is 9.97 Å². The van der Waals surface area contributed by atoms with Crippen LogP contribution in [0.4, 0.5) is 0 Å². The van der Waals surface area contributed by atoms with E-state index >= 15 is 0 Å². The molecule has 1 heterocycles. The summed E-state index contributed by atoms with van der Waals surface area (Å²) >= 11 is 1.50. The fraction of sp³-hybridized carbons (Fsp3) is 0.429. The van der Waals surface area contributed by atoms with Crippen molar-refractivity contribution < 1.29 is 4.79 Å². The van der Waals surface area contributed by atoms with Gasteiger partial charge in [-0.1, -0.05) is 11.8 Å². The number of hydrogen-bond acceptors (Lipinski definition) is 3. The van der Waals surface area contributed by atoms with E-state index in [2.05, 4.69) is 9.97 Å². The molecule has 4 heteroatoms. The number of H-pyrrole nitrogens is 1. The second kappa shape index (κ2) is 3.09. The minimum atomic E-state index is 0.0130. The van der Waals surface area contributed by atoms with Gasteiger partial charge in [-0.05, 0) is 13.2 Å². The van der Waals surface area contributed by atoms with Crippen molar-refractivity contribution in [3.8, 4) is 0 Å². The van der Waals surface area contributed by atoms with E-state index in [1.54, 1.807) is 0 Å². The first kappa shape index (κ1) is 8.33. The third-order valence-electron chi connectivity index (χ3n) is 1.39. The maximum Gasteiger partial charge on any atom is 0.179 e. The molecule has 3 nitrogen and oxygen atoms in total. The largest absolute Gasteiger partial charge is 0.336 e. The Morgan fingerprint density at radius 2 is 2.27 bits per heavy atom. The number of rotatable bonds is 2. The van der Waals surface area contributed by atoms with Crippen molar-refractivity contribution >= 4 is 17.5 Å². The van der Waals surface area contributed by atoms with Crippen LogP contribution in [0.25, 0.3) is 0 Å². The van der Waals surface area contributed by atoms with Crippen LogP contribution in [0.15, 0.2) is 5.16 Å². The molecule has 1 aromatic rings. The molecule has 11 heavy (non-hydrogen) atoms. The third kappa shape index (κ3) is 1.63. The Labute approximate surface area is 69.6 Å². The van der Waals surface area contributed by atoms with Crippen molar-refractivity contribution in [2.24, 2.45) is 0 Å². The first-order valence-electron chi connectivity index (χ1n) is 3.26. The quantitative estimate of drug-likeness (QED) is 0.542. The van der Waals surface area contributed by atoms with Crippen LogP contribution < -0.4 is 0 Å². The SMILES string of the molecule is CSc1nc(C(C)=O)c(C)[nH]1. The van der Waals surface area contributed by atoms with Gasteiger partial charge in [0, 0.05) is 12.6 Å². The zero-order chi connectivity index (χ0) is 8.43. The lowest BCUT2D eigenvalue weighted by Gasteiger charge is -1.86. The summed E-state index contributed by atoms with van der Waals surface area (Å²) in [6, 6.07) is 0. The standard InChI is InChI=1S/C7H10N2OS/c1-4-6(5(2)10)9-7(8-4)11-3/h1-3H3,(H,8,9). The molecular formula is C7H10N2OS. The average Bonchev–Trinajstić information content (AvgIpc) is 2.30. The minimum absolute atomic E-state index is 0.0130. The van der Waals surface area contributed by atoms with Crippen LogP contribution in [0.2, 0.25) is 0 Å². The maximum atomic E-state index is 10.9. The molecule has 1 N–H and O–H groups in total. The number of thioether (sulfide) groups is 1. The molecule has 0 saturated carbocycles. The zero-order valence-corrected chi connectivity index (χ0v) is 7.58. The van der Waals surface area contributed by atoms with Crippen LogP contribution in [-0.2, 0) is 0 Å². The third-order valence-corrected chi connectivity index (χ3v) is 1.97. The number of aryl methyl sites for hydroxylation is 1. The van der Waals surface area contributed by atoms with Crippen LogP contribution in [0.3, 0.4) is 0 Å². The van der Waals surface area contributed by atoms with E-state index in [9.17, 15) is 4.79 Å². The first-order valence-corrected chi connectivity index (χ1v) is 4.49. The number of imidazole rings is 1. The summed E-state index contributed by atoms with van der Waals surface area (Å²) in [6.07, 6.45) is 1.92. The number of carbonyl (C=O) groups is 1. The van der Waals surface area contributed by atoms with Gasteiger partial charge in [-0.25, -0.2) is 4.98 Å². The first-order chi connectivity index (χ1) is 5.15. The Morgan fingerprint density at radius 1 is 1.64 bits per heavy atom. The second-order valence-electron chi connectivity index (χ2n) is 2.28. The summed E-state index contributed by atoms with van der Waals surface area (Å²) in [5.41, 5.74) is 1.40. The van der Waals surface area contributed by atoms with Gasteiger partial charge < -0.3 is 4.98 Å². The molecule has 1 aromatic heterocycles. The second-order valence-corrected chi connectivity index (χ2v) is 3.07. The van der Waals surface area contributed by atoms with Crippen LogP contribution >= 0.6 is 11.8 Å². The summed E-state index contributed by atoms with van der Waals surface area (Å²) in [6.45, 7) is 3.37. The number of hydrogen-bond donors (Lipinski definition) is 1. The van der Waals surface area contributed by atoms with Crippen molar-refractivity contribution in [3.63, 3.8) is 0 Å². The molecule has 0 atom stereocenters. The van der Waals surface area contributed by atoms with E-state index in [-0.39, 0.29) is 5.78 Å². The van der Waals surface area contributed by atoms with Crippen molar-refractivity contribution in [2.45, 2.75) is 19.0 Å². The Kier molecular flexibility index (Phi) is 2.34. The Morgan fingerprint density at radius 3 is 2.55 bits per heavy atom. The average molecular weight is 170 g/mol. The Balaban J connectivity index is 3.07. The van der Waals surface area contributed by atoms with Gasteiger partial charge in [0.25, 0.3) is 0 Å². The lowest BCUT2D eigenvalue weighted by atomic mass is 10.3. The molecule has 1 rings (SSSR count). The van der Waals surface area contributed by atoms with E-state index in [0.29, 0.717) is 5.69 Å². The smallest absolute Gasteiger partial charge is 0.179 e. The Hall–Kier alpha value is -0.770. The van der Waals surface area contributed by atoms with Gasteiger partial charge in [-0.2, -0.15) is 0 Å². The topological polar surface area (TPSA) is 45.8 Å². The molecule has 0 radical (unpaired) electrons. The van der Waals surface area contributed by atoms with Crippen molar-refractivity contribution in [1.29, 1.82) is 0 Å². The highest BCUT2D eigenvalue weighted by Crippen LogP contribution is 2.13. The van der Waals surface area contributed by atoms with Gasteiger partial charge in [0.05, 0.1) is 0 Å². The minimum Gasteiger partial charge on any atom is -0.336 e. The lowest BCUT2D eigenvalue weighted by molar-refractivity contribution is 0.101. The molecule has 0 aliphatic rings. The van der Waals surface area contributed by atoms with E-state index < -0.39 is 0 Å². The van der Waals surface area contributed by atoms with Crippen molar-refractivity contribution in [2.75, 3.05) is 6.26 Å². The van der Waals surface area contributed by atoms with Gasteiger partial charge in [0.1, 0.15) is 5.69 Å². The van der Waals surface area contributed by atoms with Crippen molar-refractivity contribution in [3.05, 3.63) is 11.4 Å². The van der Waals surface area contributed by atoms with Crippen LogP contribution in [0.1, 0.15) is 23.1 Å². The lowest BCUT2D eigenvalue weighted by Crippen LogP contribution is -1.94. The number of aromatic nitrogens is 2. The van der Waals surface area contributed by atoms with Crippen LogP contribution in [-0.4, -0.2) is 22.0 Å². The van der Waals surface area contributed by atoms with Gasteiger partial charge in [0.15, 0.2) is 10.9 Å². The predicted molar refractivity (Wildman–Crippen MR) is 45.1 cm³/mol. The fourth-order valence-electron chi connectivity index (χ4n) is 0.872. The molecule has 0 aromatic carbocycles.